The number of amides is 1. The molecule has 5 heteroatoms. The minimum atomic E-state index is -0.776. The van der Waals surface area contributed by atoms with Crippen LogP contribution in [0, 0.1) is 6.92 Å². The van der Waals surface area contributed by atoms with E-state index in [2.05, 4.69) is 0 Å². The summed E-state index contributed by atoms with van der Waals surface area (Å²) in [6, 6.07) is 21.5. The van der Waals surface area contributed by atoms with Gasteiger partial charge in [-0.05, 0) is 36.8 Å². The third-order valence-electron chi connectivity index (χ3n) is 5.01. The van der Waals surface area contributed by atoms with Crippen molar-refractivity contribution >= 4 is 23.1 Å². The number of ketones is 1. The van der Waals surface area contributed by atoms with E-state index in [1.54, 1.807) is 24.3 Å². The Morgan fingerprint density at radius 3 is 2.10 bits per heavy atom. The lowest BCUT2D eigenvalue weighted by Crippen LogP contribution is -2.29. The molecule has 1 heterocycles. The van der Waals surface area contributed by atoms with Crippen LogP contribution in [0.4, 0.5) is 5.69 Å². The number of carbonyl (C=O) groups excluding carboxylic acids is 2. The molecule has 1 saturated heterocycles. The molecule has 0 aromatic heterocycles. The maximum atomic E-state index is 13.0. The number of aryl methyl sites for hydroxylation is 1. The first kappa shape index (κ1) is 18.5. The summed E-state index contributed by atoms with van der Waals surface area (Å²) in [4.78, 5) is 27.3. The molecule has 0 bridgehead atoms. The summed E-state index contributed by atoms with van der Waals surface area (Å²) in [6.45, 7) is 1.93. The van der Waals surface area contributed by atoms with E-state index in [9.17, 15) is 19.8 Å². The van der Waals surface area contributed by atoms with Crippen LogP contribution in [-0.4, -0.2) is 21.9 Å². The molecule has 144 valence electrons. The van der Waals surface area contributed by atoms with Gasteiger partial charge in [0.1, 0.15) is 11.5 Å². The van der Waals surface area contributed by atoms with E-state index in [0.29, 0.717) is 16.8 Å². The van der Waals surface area contributed by atoms with Gasteiger partial charge in [-0.2, -0.15) is 0 Å². The standard InChI is InChI=1S/C24H19NO4/c1-15-7-9-17(10-8-15)22(27)20-21(16-5-3-2-4-6-16)25(24(29)23(20)28)18-11-13-19(26)14-12-18/h2-14,21,26-27H,1H3/t21-/m0/s1. The maximum Gasteiger partial charge on any atom is 0.300 e. The van der Waals surface area contributed by atoms with Crippen LogP contribution in [-0.2, 0) is 9.59 Å². The second-order valence-electron chi connectivity index (χ2n) is 6.96. The fourth-order valence-electron chi connectivity index (χ4n) is 3.53. The largest absolute Gasteiger partial charge is 0.508 e. The van der Waals surface area contributed by atoms with E-state index < -0.39 is 17.7 Å². The first-order chi connectivity index (χ1) is 14.0. The van der Waals surface area contributed by atoms with Crippen molar-refractivity contribution in [2.75, 3.05) is 4.90 Å². The molecule has 1 aliphatic heterocycles. The van der Waals surface area contributed by atoms with E-state index in [4.69, 9.17) is 0 Å². The second-order valence-corrected chi connectivity index (χ2v) is 6.96. The number of hydrogen-bond acceptors (Lipinski definition) is 4. The van der Waals surface area contributed by atoms with Crippen LogP contribution in [0.5, 0.6) is 5.75 Å². The predicted octanol–water partition coefficient (Wildman–Crippen LogP) is 4.33. The average molecular weight is 385 g/mol. The van der Waals surface area contributed by atoms with Crippen LogP contribution < -0.4 is 4.90 Å². The molecule has 4 rings (SSSR count). The maximum absolute atomic E-state index is 13.0. The topological polar surface area (TPSA) is 77.8 Å². The zero-order valence-corrected chi connectivity index (χ0v) is 15.7. The highest BCUT2D eigenvalue weighted by atomic mass is 16.3. The van der Waals surface area contributed by atoms with Gasteiger partial charge in [0.05, 0.1) is 11.6 Å². The lowest BCUT2D eigenvalue weighted by atomic mass is 9.95. The Kier molecular flexibility index (Phi) is 4.64. The third kappa shape index (κ3) is 3.27. The third-order valence-corrected chi connectivity index (χ3v) is 5.01. The van der Waals surface area contributed by atoms with Gasteiger partial charge in [-0.1, -0.05) is 60.2 Å². The van der Waals surface area contributed by atoms with Gasteiger partial charge >= 0.3 is 0 Å². The molecule has 1 fully saturated rings. The number of phenols is 1. The number of benzene rings is 3. The van der Waals surface area contributed by atoms with Crippen molar-refractivity contribution in [1.29, 1.82) is 0 Å². The van der Waals surface area contributed by atoms with E-state index in [1.807, 2.05) is 49.4 Å². The van der Waals surface area contributed by atoms with Gasteiger partial charge in [0.2, 0.25) is 0 Å². The Bertz CT molecular complexity index is 1100. The number of hydrogen-bond donors (Lipinski definition) is 2. The highest BCUT2D eigenvalue weighted by molar-refractivity contribution is 6.51. The fourth-order valence-corrected chi connectivity index (χ4v) is 3.53. The SMILES string of the molecule is Cc1ccc(C(O)=C2C(=O)C(=O)N(c3ccc(O)cc3)[C@H]2c2ccccc2)cc1. The quantitative estimate of drug-likeness (QED) is 0.400. The van der Waals surface area contributed by atoms with Crippen LogP contribution >= 0.6 is 0 Å². The van der Waals surface area contributed by atoms with Crippen molar-refractivity contribution in [3.63, 3.8) is 0 Å². The summed E-state index contributed by atoms with van der Waals surface area (Å²) in [6.07, 6.45) is 0. The summed E-state index contributed by atoms with van der Waals surface area (Å²) in [5.41, 5.74) is 2.69. The Morgan fingerprint density at radius 1 is 0.862 bits per heavy atom. The summed E-state index contributed by atoms with van der Waals surface area (Å²) in [5.74, 6) is -1.62. The van der Waals surface area contributed by atoms with Crippen molar-refractivity contribution < 1.29 is 19.8 Å². The van der Waals surface area contributed by atoms with Crippen LogP contribution in [0.25, 0.3) is 5.76 Å². The van der Waals surface area contributed by atoms with Crippen LogP contribution in [0.3, 0.4) is 0 Å². The van der Waals surface area contributed by atoms with Gasteiger partial charge in [0.25, 0.3) is 11.7 Å². The first-order valence-corrected chi connectivity index (χ1v) is 9.19. The summed E-state index contributed by atoms with van der Waals surface area (Å²) in [5, 5.41) is 20.6. The van der Waals surface area contributed by atoms with Gasteiger partial charge in [0.15, 0.2) is 0 Å². The summed E-state index contributed by atoms with van der Waals surface area (Å²) >= 11 is 0. The fraction of sp³-hybridized carbons (Fsp3) is 0.0833. The number of aliphatic hydroxyl groups excluding tert-OH is 1. The van der Waals surface area contributed by atoms with Crippen LogP contribution in [0.1, 0.15) is 22.7 Å². The molecule has 1 amide bonds. The highest BCUT2D eigenvalue weighted by Gasteiger charge is 2.46. The molecule has 0 radical (unpaired) electrons. The number of phenolic OH excluding ortho intramolecular Hbond substituents is 1. The van der Waals surface area contributed by atoms with Gasteiger partial charge in [-0.25, -0.2) is 0 Å². The van der Waals surface area contributed by atoms with E-state index >= 15 is 0 Å². The molecule has 3 aromatic rings. The molecule has 5 nitrogen and oxygen atoms in total. The minimum absolute atomic E-state index is 0.0399. The van der Waals surface area contributed by atoms with Gasteiger partial charge in [0, 0.05) is 11.3 Å². The highest BCUT2D eigenvalue weighted by Crippen LogP contribution is 2.42. The molecule has 2 N–H and O–H groups in total. The van der Waals surface area contributed by atoms with E-state index in [-0.39, 0.29) is 17.1 Å². The van der Waals surface area contributed by atoms with Crippen LogP contribution in [0.2, 0.25) is 0 Å². The Labute approximate surface area is 168 Å². The second kappa shape index (κ2) is 7.28. The number of Topliss-reactive ketones (excluding diaryl/α,β-unsaturated/α-hetero) is 1. The number of nitrogens with zero attached hydrogens (tertiary/aromatic N) is 1. The van der Waals surface area contributed by atoms with Crippen molar-refractivity contribution in [3.8, 4) is 5.75 Å². The predicted molar refractivity (Wildman–Crippen MR) is 111 cm³/mol. The van der Waals surface area contributed by atoms with E-state index in [1.165, 1.54) is 17.0 Å². The zero-order valence-electron chi connectivity index (χ0n) is 15.7. The lowest BCUT2D eigenvalue weighted by Gasteiger charge is -2.25. The lowest BCUT2D eigenvalue weighted by molar-refractivity contribution is -0.132. The molecule has 1 aliphatic rings. The molecule has 1 atom stereocenters. The molecule has 0 saturated carbocycles. The zero-order chi connectivity index (χ0) is 20.5. The number of aromatic hydroxyl groups is 1. The molecular formula is C24H19NO4. The molecule has 3 aromatic carbocycles. The molecule has 0 unspecified atom stereocenters. The van der Waals surface area contributed by atoms with Crippen molar-refractivity contribution in [2.45, 2.75) is 13.0 Å². The molecule has 0 spiro atoms. The summed E-state index contributed by atoms with van der Waals surface area (Å²) < 4.78 is 0. The number of anilines is 1. The molecular weight excluding hydrogens is 366 g/mol. The first-order valence-electron chi connectivity index (χ1n) is 9.19. The van der Waals surface area contributed by atoms with Gasteiger partial charge in [-0.15, -0.1) is 0 Å². The molecule has 29 heavy (non-hydrogen) atoms. The number of aliphatic hydroxyl groups is 1. The van der Waals surface area contributed by atoms with Crippen molar-refractivity contribution in [3.05, 3.63) is 101 Å². The summed E-state index contributed by atoms with van der Waals surface area (Å²) in [7, 11) is 0. The van der Waals surface area contributed by atoms with E-state index in [0.717, 1.165) is 5.56 Å². The molecule has 0 aliphatic carbocycles. The average Bonchev–Trinajstić information content (AvgIpc) is 3.00. The Balaban J connectivity index is 1.93. The monoisotopic (exact) mass is 385 g/mol. The van der Waals surface area contributed by atoms with Gasteiger partial charge < -0.3 is 10.2 Å². The minimum Gasteiger partial charge on any atom is -0.508 e. The number of carbonyl (C=O) groups is 2. The number of rotatable bonds is 3. The Hall–Kier alpha value is -3.86. The van der Waals surface area contributed by atoms with Crippen molar-refractivity contribution in [2.24, 2.45) is 0 Å². The van der Waals surface area contributed by atoms with Gasteiger partial charge in [-0.3, -0.25) is 14.5 Å². The smallest absolute Gasteiger partial charge is 0.300 e. The Morgan fingerprint density at radius 2 is 1.48 bits per heavy atom. The van der Waals surface area contributed by atoms with Crippen molar-refractivity contribution in [1.82, 2.24) is 0 Å². The van der Waals surface area contributed by atoms with Crippen LogP contribution in [0.15, 0.2) is 84.4 Å². The normalized spacial score (nSPS) is 18.2.